The number of piperazine rings is 1. The van der Waals surface area contributed by atoms with Gasteiger partial charge < -0.3 is 18.8 Å². The van der Waals surface area contributed by atoms with Gasteiger partial charge in [0.2, 0.25) is 6.29 Å². The van der Waals surface area contributed by atoms with Crippen LogP contribution in [0.1, 0.15) is 12.2 Å². The Morgan fingerprint density at radius 2 is 1.93 bits per heavy atom. The lowest BCUT2D eigenvalue weighted by atomic mass is 10.2. The molecular weight excluding hydrogens is 514 g/mol. The molecule has 13 heteroatoms. The second-order valence-electron chi connectivity index (χ2n) is 10.4. The first-order valence-electron chi connectivity index (χ1n) is 13.7. The first kappa shape index (κ1) is 24.9. The van der Waals surface area contributed by atoms with Crippen LogP contribution in [0.2, 0.25) is 0 Å². The molecule has 6 heterocycles. The van der Waals surface area contributed by atoms with E-state index in [1.165, 1.54) is 17.0 Å². The van der Waals surface area contributed by atoms with E-state index in [2.05, 4.69) is 26.9 Å². The zero-order valence-corrected chi connectivity index (χ0v) is 22.4. The van der Waals surface area contributed by atoms with Crippen LogP contribution in [0.25, 0.3) is 5.70 Å². The van der Waals surface area contributed by atoms with Crippen molar-refractivity contribution in [2.24, 2.45) is 15.8 Å². The Kier molecular flexibility index (Phi) is 6.33. The number of urea groups is 1. The Labute approximate surface area is 232 Å². The number of benzene rings is 1. The number of aliphatic imine (C=N–C) groups is 2. The number of fused-ring (bicyclic) bond motifs is 3. The van der Waals surface area contributed by atoms with E-state index in [0.29, 0.717) is 36.1 Å². The first-order chi connectivity index (χ1) is 19.6. The summed E-state index contributed by atoms with van der Waals surface area (Å²) in [6, 6.07) is 11.9. The molecule has 0 saturated carbocycles. The minimum atomic E-state index is -0.516. The largest absolute Gasteiger partial charge is 0.488 e. The quantitative estimate of drug-likeness (QED) is 0.514. The van der Waals surface area contributed by atoms with E-state index in [9.17, 15) is 4.79 Å². The lowest BCUT2D eigenvalue weighted by Gasteiger charge is -2.36. The SMILES string of the molecule is CN1C(=O)N(CCN2CCN(c3ccc(OC4CCOC4)cc3)CC2)C2N=C3C(=C(c4ccco4)N=CN3N)N21. The fourth-order valence-electron chi connectivity index (χ4n) is 5.78. The number of carbonyl (C=O) groups excluding carboxylic acids is 1. The topological polar surface area (TPSA) is 119 Å². The molecule has 2 N–H and O–H groups in total. The number of amides is 2. The average molecular weight is 548 g/mol. The van der Waals surface area contributed by atoms with E-state index in [-0.39, 0.29) is 12.1 Å². The molecule has 0 bridgehead atoms. The van der Waals surface area contributed by atoms with Crippen LogP contribution in [0.3, 0.4) is 0 Å². The van der Waals surface area contributed by atoms with Crippen molar-refractivity contribution in [1.82, 2.24) is 24.8 Å². The molecule has 1 aromatic carbocycles. The lowest BCUT2D eigenvalue weighted by Crippen LogP contribution is -2.49. The molecule has 3 saturated heterocycles. The Morgan fingerprint density at radius 3 is 2.65 bits per heavy atom. The maximum atomic E-state index is 13.3. The van der Waals surface area contributed by atoms with Crippen LogP contribution in [0.4, 0.5) is 10.5 Å². The third-order valence-corrected chi connectivity index (χ3v) is 7.98. The van der Waals surface area contributed by atoms with Gasteiger partial charge in [-0.1, -0.05) is 0 Å². The van der Waals surface area contributed by atoms with Crippen molar-refractivity contribution < 1.29 is 18.7 Å². The summed E-state index contributed by atoms with van der Waals surface area (Å²) >= 11 is 0. The molecule has 2 unspecified atom stereocenters. The minimum absolute atomic E-state index is 0.109. The Morgan fingerprint density at radius 1 is 1.10 bits per heavy atom. The monoisotopic (exact) mass is 547 g/mol. The van der Waals surface area contributed by atoms with Crippen LogP contribution in [-0.2, 0) is 4.74 Å². The fraction of sp³-hybridized carbons (Fsp3) is 0.444. The van der Waals surface area contributed by atoms with Gasteiger partial charge in [-0.25, -0.2) is 35.6 Å². The van der Waals surface area contributed by atoms with E-state index < -0.39 is 6.29 Å². The van der Waals surface area contributed by atoms with Gasteiger partial charge in [-0.05, 0) is 36.4 Å². The van der Waals surface area contributed by atoms with Crippen LogP contribution in [0, 0.1) is 0 Å². The number of nitrogens with zero attached hydrogens (tertiary/aromatic N) is 8. The summed E-state index contributed by atoms with van der Waals surface area (Å²) in [7, 11) is 1.75. The van der Waals surface area contributed by atoms with E-state index >= 15 is 0 Å². The van der Waals surface area contributed by atoms with Crippen LogP contribution in [0.5, 0.6) is 5.75 Å². The summed E-state index contributed by atoms with van der Waals surface area (Å²) < 4.78 is 17.0. The van der Waals surface area contributed by atoms with Crippen molar-refractivity contribution >= 4 is 29.6 Å². The molecule has 0 aliphatic carbocycles. The molecule has 40 heavy (non-hydrogen) atoms. The summed E-state index contributed by atoms with van der Waals surface area (Å²) in [5, 5.41) is 4.81. The number of ether oxygens (including phenoxy) is 2. The molecule has 5 aliphatic rings. The maximum Gasteiger partial charge on any atom is 0.341 e. The van der Waals surface area contributed by atoms with E-state index in [1.807, 2.05) is 23.2 Å². The second-order valence-corrected chi connectivity index (χ2v) is 10.4. The van der Waals surface area contributed by atoms with Gasteiger partial charge in [0.05, 0.1) is 19.5 Å². The minimum Gasteiger partial charge on any atom is -0.488 e. The van der Waals surface area contributed by atoms with E-state index in [4.69, 9.17) is 24.7 Å². The van der Waals surface area contributed by atoms with Crippen molar-refractivity contribution in [2.45, 2.75) is 18.8 Å². The number of nitrogens with two attached hydrogens (primary N) is 1. The van der Waals surface area contributed by atoms with Crippen LogP contribution < -0.4 is 15.5 Å². The fourth-order valence-corrected chi connectivity index (χ4v) is 5.78. The van der Waals surface area contributed by atoms with Gasteiger partial charge in [0, 0.05) is 58.4 Å². The molecule has 0 spiro atoms. The number of anilines is 1. The molecule has 1 aromatic heterocycles. The first-order valence-corrected chi connectivity index (χ1v) is 13.7. The Balaban J connectivity index is 0.974. The molecule has 210 valence electrons. The van der Waals surface area contributed by atoms with Crippen molar-refractivity contribution in [1.29, 1.82) is 0 Å². The number of carbonyl (C=O) groups is 1. The van der Waals surface area contributed by atoms with Gasteiger partial charge in [0.1, 0.15) is 29.6 Å². The molecule has 0 radical (unpaired) electrons. The van der Waals surface area contributed by atoms with E-state index in [1.54, 1.807) is 29.3 Å². The van der Waals surface area contributed by atoms with Crippen molar-refractivity contribution in [3.8, 4) is 5.75 Å². The number of furan rings is 1. The summed E-state index contributed by atoms with van der Waals surface area (Å²) in [5.41, 5.74) is 2.45. The predicted octanol–water partition coefficient (Wildman–Crippen LogP) is 1.44. The Bertz CT molecular complexity index is 1330. The highest BCUT2D eigenvalue weighted by atomic mass is 16.5. The molecule has 3 fully saturated rings. The summed E-state index contributed by atoms with van der Waals surface area (Å²) in [4.78, 5) is 29.2. The molecule has 13 nitrogen and oxygen atoms in total. The van der Waals surface area contributed by atoms with Gasteiger partial charge in [0.15, 0.2) is 11.6 Å². The molecule has 2 atom stereocenters. The zero-order valence-electron chi connectivity index (χ0n) is 22.4. The van der Waals surface area contributed by atoms with Crippen molar-refractivity contribution in [3.05, 3.63) is 54.1 Å². The average Bonchev–Trinajstić information content (AvgIpc) is 3.78. The van der Waals surface area contributed by atoms with Gasteiger partial charge >= 0.3 is 6.03 Å². The normalized spacial score (nSPS) is 24.8. The highest BCUT2D eigenvalue weighted by Gasteiger charge is 2.51. The lowest BCUT2D eigenvalue weighted by molar-refractivity contribution is 0.0841. The second kappa shape index (κ2) is 10.2. The van der Waals surface area contributed by atoms with Gasteiger partial charge in [-0.15, -0.1) is 0 Å². The predicted molar refractivity (Wildman–Crippen MR) is 148 cm³/mol. The number of hydrogen-bond acceptors (Lipinski definition) is 11. The number of hydrogen-bond donors (Lipinski definition) is 1. The maximum absolute atomic E-state index is 13.3. The smallest absolute Gasteiger partial charge is 0.341 e. The molecule has 7 rings (SSSR count). The van der Waals surface area contributed by atoms with Gasteiger partial charge in [-0.3, -0.25) is 9.80 Å². The summed E-state index contributed by atoms with van der Waals surface area (Å²) in [5.74, 6) is 8.21. The van der Waals surface area contributed by atoms with E-state index in [0.717, 1.165) is 51.5 Å². The zero-order chi connectivity index (χ0) is 27.2. The van der Waals surface area contributed by atoms with Crippen LogP contribution in [0.15, 0.2) is 62.8 Å². The number of amidine groups is 1. The number of rotatable bonds is 7. The molecule has 2 aromatic rings. The van der Waals surface area contributed by atoms with Gasteiger partial charge in [-0.2, -0.15) is 0 Å². The molecule has 5 aliphatic heterocycles. The highest BCUT2D eigenvalue weighted by molar-refractivity contribution is 6.12. The molecular formula is C27H33N9O4. The standard InChI is InChI=1S/C27H33N9O4/c1-31-27(37)34(26-30-25-24(36(26)31)23(29-18-35(25)28)22-3-2-15-39-22)14-11-32-9-12-33(13-10-32)19-4-6-20(7-5-19)40-21-8-16-38-17-21/h2-7,15,18,21,26H,8-14,16-17,28H2,1H3. The van der Waals surface area contributed by atoms with Crippen LogP contribution >= 0.6 is 0 Å². The van der Waals surface area contributed by atoms with Crippen LogP contribution in [-0.4, -0.2) is 115 Å². The summed E-state index contributed by atoms with van der Waals surface area (Å²) in [6.45, 7) is 6.41. The molecule has 2 amide bonds. The third kappa shape index (κ3) is 4.35. The van der Waals surface area contributed by atoms with Crippen molar-refractivity contribution in [3.63, 3.8) is 0 Å². The van der Waals surface area contributed by atoms with Crippen molar-refractivity contribution in [2.75, 3.05) is 64.4 Å². The number of hydrazine groups is 2. The Hall–Kier alpha value is -4.07. The summed E-state index contributed by atoms with van der Waals surface area (Å²) in [6.07, 6.45) is 3.69. The van der Waals surface area contributed by atoms with Gasteiger partial charge in [0.25, 0.3) is 0 Å². The highest BCUT2D eigenvalue weighted by Crippen LogP contribution is 2.38. The third-order valence-electron chi connectivity index (χ3n) is 7.98.